The summed E-state index contributed by atoms with van der Waals surface area (Å²) in [5.74, 6) is 2.07. The molecule has 0 saturated carbocycles. The van der Waals surface area contributed by atoms with Crippen LogP contribution < -0.4 is 5.73 Å². The van der Waals surface area contributed by atoms with Gasteiger partial charge >= 0.3 is 17.4 Å². The maximum Gasteiger partial charge on any atom is 2.00 e. The van der Waals surface area contributed by atoms with E-state index in [9.17, 15) is 0 Å². The van der Waals surface area contributed by atoms with E-state index in [1.54, 1.807) is 17.1 Å². The minimum atomic E-state index is 0. The first-order valence-electron chi connectivity index (χ1n) is 5.57. The van der Waals surface area contributed by atoms with Crippen LogP contribution >= 0.6 is 11.6 Å². The summed E-state index contributed by atoms with van der Waals surface area (Å²) < 4.78 is 1.64. The Morgan fingerprint density at radius 3 is 2.35 bits per heavy atom. The molecule has 0 radical (unpaired) electrons. The number of nitrogens with zero attached hydrogens (tertiary/aromatic N) is 5. The second-order valence-corrected chi connectivity index (χ2v) is 3.54. The smallest absolute Gasteiger partial charge is 0.434 e. The van der Waals surface area contributed by atoms with Crippen molar-refractivity contribution in [3.8, 4) is 5.95 Å². The molecule has 0 aliphatic heterocycles. The van der Waals surface area contributed by atoms with Crippen LogP contribution in [0.25, 0.3) is 5.95 Å². The number of aryl methyl sites for hydroxylation is 1. The second-order valence-electron chi connectivity index (χ2n) is 3.54. The first-order chi connectivity index (χ1) is 8.72. The molecule has 0 aliphatic carbocycles. The Labute approximate surface area is 135 Å². The summed E-state index contributed by atoms with van der Waals surface area (Å²) >= 11 is 4.64. The van der Waals surface area contributed by atoms with Gasteiger partial charge in [0.25, 0.3) is 0 Å². The van der Waals surface area contributed by atoms with Crippen molar-refractivity contribution in [2.45, 2.75) is 26.3 Å². The number of aromatic nitrogens is 5. The summed E-state index contributed by atoms with van der Waals surface area (Å²) in [4.78, 5) is 12.6. The molecule has 0 amide bonds. The van der Waals surface area contributed by atoms with Crippen LogP contribution in [0.5, 0.6) is 0 Å². The molecule has 1 atom stereocenters. The van der Waals surface area contributed by atoms with Crippen LogP contribution in [0.4, 0.5) is 0 Å². The largest absolute Gasteiger partial charge is 2.00 e. The van der Waals surface area contributed by atoms with E-state index in [2.05, 4.69) is 43.5 Å². The summed E-state index contributed by atoms with van der Waals surface area (Å²) in [5.41, 5.74) is 3.96. The molecule has 110 valence electrons. The van der Waals surface area contributed by atoms with Crippen LogP contribution in [0, 0.1) is 13.5 Å². The van der Waals surface area contributed by atoms with Gasteiger partial charge in [-0.1, -0.05) is 6.92 Å². The van der Waals surface area contributed by atoms with Crippen LogP contribution in [-0.2, 0) is 23.8 Å². The van der Waals surface area contributed by atoms with E-state index < -0.39 is 0 Å². The van der Waals surface area contributed by atoms with Gasteiger partial charge in [0.1, 0.15) is 6.04 Å². The first-order valence-corrected chi connectivity index (χ1v) is 6.33. The first kappa shape index (κ1) is 21.3. The fourth-order valence-electron chi connectivity index (χ4n) is 1.35. The molecule has 0 saturated heterocycles. The monoisotopic (exact) mass is 335 g/mol. The Morgan fingerprint density at radius 1 is 1.35 bits per heavy atom. The molecular weight excluding hydrogens is 316 g/mol. The van der Waals surface area contributed by atoms with Gasteiger partial charge in [-0.05, 0) is 6.92 Å². The molecule has 20 heavy (non-hydrogen) atoms. The molecule has 0 aromatic carbocycles. The van der Waals surface area contributed by atoms with Crippen LogP contribution in [0.1, 0.15) is 31.5 Å². The van der Waals surface area contributed by atoms with Crippen molar-refractivity contribution in [3.05, 3.63) is 37.5 Å². The minimum absolute atomic E-state index is 0. The number of quaternary nitrogens is 1. The van der Waals surface area contributed by atoms with Crippen molar-refractivity contribution in [2.75, 3.05) is 6.38 Å². The van der Waals surface area contributed by atoms with Crippen LogP contribution in [0.3, 0.4) is 0 Å². The Balaban J connectivity index is 0. The van der Waals surface area contributed by atoms with E-state index in [1.807, 2.05) is 13.8 Å². The predicted molar refractivity (Wildman–Crippen MR) is 74.7 cm³/mol. The number of halogens is 1. The molecule has 3 N–H and O–H groups in total. The third kappa shape index (κ3) is 5.18. The molecule has 1 unspecified atom stereocenters. The quantitative estimate of drug-likeness (QED) is 0.670. The molecule has 6 nitrogen and oxygen atoms in total. The van der Waals surface area contributed by atoms with Gasteiger partial charge in [-0.3, -0.25) is 9.97 Å². The van der Waals surface area contributed by atoms with Crippen molar-refractivity contribution in [2.24, 2.45) is 0 Å². The van der Waals surface area contributed by atoms with E-state index in [0.29, 0.717) is 5.95 Å². The molecule has 2 heterocycles. The van der Waals surface area contributed by atoms with Gasteiger partial charge in [-0.2, -0.15) is 4.68 Å². The van der Waals surface area contributed by atoms with Gasteiger partial charge in [-0.15, -0.1) is 29.1 Å². The molecule has 0 fully saturated rings. The van der Waals surface area contributed by atoms with Gasteiger partial charge in [0.15, 0.2) is 11.6 Å². The van der Waals surface area contributed by atoms with Crippen molar-refractivity contribution in [1.29, 1.82) is 0 Å². The fraction of sp³-hybridized carbons (Fsp3) is 0.417. The van der Waals surface area contributed by atoms with Crippen LogP contribution in [0.2, 0.25) is 0 Å². The van der Waals surface area contributed by atoms with Gasteiger partial charge in [-0.25, -0.2) is 4.98 Å². The zero-order valence-electron chi connectivity index (χ0n) is 12.2. The summed E-state index contributed by atoms with van der Waals surface area (Å²) in [6.45, 7) is 3.98. The molecule has 8 heteroatoms. The summed E-state index contributed by atoms with van der Waals surface area (Å²) in [7, 11) is 0. The standard InChI is InChI=1S/C10H13N6.CH3Cl.CH3.Cr/c1-3-8-14-9(7(2)11)16(15-8)10-12-5-4-6-13-10;1-2;;/h5-7H,3,11H2,1-2H3;1H3;1H3;/q-1;;-1;+2/p+1. The van der Waals surface area contributed by atoms with Gasteiger partial charge in [0.05, 0.1) is 0 Å². The zero-order valence-corrected chi connectivity index (χ0v) is 14.2. The van der Waals surface area contributed by atoms with E-state index in [4.69, 9.17) is 0 Å². The van der Waals surface area contributed by atoms with E-state index in [1.165, 1.54) is 6.38 Å². The van der Waals surface area contributed by atoms with Gasteiger partial charge < -0.3 is 19.2 Å². The Hall–Kier alpha value is -0.998. The zero-order chi connectivity index (χ0) is 13.5. The number of rotatable bonds is 3. The number of hydrogen-bond acceptors (Lipinski definition) is 4. The molecule has 2 rings (SSSR count). The molecule has 0 bridgehead atoms. The number of alkyl halides is 1. The third-order valence-electron chi connectivity index (χ3n) is 2.13. The van der Waals surface area contributed by atoms with Crippen LogP contribution in [-0.4, -0.2) is 31.1 Å². The Morgan fingerprint density at radius 2 is 1.90 bits per heavy atom. The molecule has 2 aromatic heterocycles. The van der Waals surface area contributed by atoms with E-state index in [0.717, 1.165) is 18.1 Å². The second kappa shape index (κ2) is 10.8. The average molecular weight is 336 g/mol. The number of hydrogen-bond donors (Lipinski definition) is 1. The molecule has 0 aliphatic rings. The van der Waals surface area contributed by atoms with Gasteiger partial charge in [0, 0.05) is 12.8 Å². The van der Waals surface area contributed by atoms with Crippen molar-refractivity contribution in [1.82, 2.24) is 24.7 Å². The Bertz CT molecular complexity index is 474. The van der Waals surface area contributed by atoms with Crippen molar-refractivity contribution in [3.63, 3.8) is 0 Å². The normalized spacial score (nSPS) is 10.4. The summed E-state index contributed by atoms with van der Waals surface area (Å²) in [6, 6.07) is 2.81. The van der Waals surface area contributed by atoms with Crippen molar-refractivity contribution < 1.29 is 23.1 Å². The van der Waals surface area contributed by atoms with Crippen LogP contribution in [0.15, 0.2) is 12.4 Å². The maximum atomic E-state index is 4.64. The third-order valence-corrected chi connectivity index (χ3v) is 2.13. The van der Waals surface area contributed by atoms with Gasteiger partial charge in [0.2, 0.25) is 5.95 Å². The Kier molecular flexibility index (Phi) is 11.5. The maximum absolute atomic E-state index is 4.64. The van der Waals surface area contributed by atoms with Crippen molar-refractivity contribution >= 4 is 11.6 Å². The van der Waals surface area contributed by atoms with E-state index >= 15 is 0 Å². The van der Waals surface area contributed by atoms with E-state index in [-0.39, 0.29) is 30.8 Å². The summed E-state index contributed by atoms with van der Waals surface area (Å²) in [5, 5.41) is 4.35. The average Bonchev–Trinajstić information content (AvgIpc) is 2.86. The SMILES string of the molecule is CCc1nc(C(C)[NH3+])n(-c2nc[c-]cn2)n1.CCl.[CH3-].[Cr+2]. The fourth-order valence-corrected chi connectivity index (χ4v) is 1.35. The minimum Gasteiger partial charge on any atom is -0.434 e. The topological polar surface area (TPSA) is 84.1 Å². The molecule has 2 aromatic rings. The molecule has 0 spiro atoms. The molecular formula is C12H20ClCrN6+. The predicted octanol–water partition coefficient (Wildman–Crippen LogP) is 1.03. The summed E-state index contributed by atoms with van der Waals surface area (Å²) in [6.07, 6.45) is 5.38.